The molecule has 5 heteroatoms. The number of halogens is 2. The zero-order valence-electron chi connectivity index (χ0n) is 10.9. The SMILES string of the molecule is CC(C)(C)c1nn(-c2cccc(F)c2)c(Cl)c1C#N. The average molecular weight is 278 g/mol. The van der Waals surface area contributed by atoms with Gasteiger partial charge < -0.3 is 0 Å². The molecule has 0 bridgehead atoms. The van der Waals surface area contributed by atoms with Crippen LogP contribution in [0.1, 0.15) is 32.0 Å². The van der Waals surface area contributed by atoms with Gasteiger partial charge >= 0.3 is 0 Å². The van der Waals surface area contributed by atoms with E-state index in [0.717, 1.165) is 0 Å². The van der Waals surface area contributed by atoms with E-state index in [9.17, 15) is 9.65 Å². The highest BCUT2D eigenvalue weighted by Gasteiger charge is 2.26. The second-order valence-corrected chi connectivity index (χ2v) is 5.63. The zero-order chi connectivity index (χ0) is 14.2. The van der Waals surface area contributed by atoms with E-state index in [4.69, 9.17) is 11.6 Å². The number of nitriles is 1. The lowest BCUT2D eigenvalue weighted by atomic mass is 9.90. The van der Waals surface area contributed by atoms with Gasteiger partial charge in [-0.05, 0) is 18.2 Å². The van der Waals surface area contributed by atoms with Gasteiger partial charge in [-0.1, -0.05) is 38.4 Å². The fraction of sp³-hybridized carbons (Fsp3) is 0.286. The molecule has 98 valence electrons. The molecule has 0 radical (unpaired) electrons. The van der Waals surface area contributed by atoms with E-state index in [2.05, 4.69) is 11.2 Å². The van der Waals surface area contributed by atoms with Crippen molar-refractivity contribution in [1.82, 2.24) is 9.78 Å². The Labute approximate surface area is 116 Å². The number of aromatic nitrogens is 2. The molecule has 0 aliphatic carbocycles. The number of nitrogens with zero attached hydrogens (tertiary/aromatic N) is 3. The number of hydrogen-bond donors (Lipinski definition) is 0. The topological polar surface area (TPSA) is 41.6 Å². The van der Waals surface area contributed by atoms with E-state index >= 15 is 0 Å². The van der Waals surface area contributed by atoms with Crippen LogP contribution < -0.4 is 0 Å². The van der Waals surface area contributed by atoms with Crippen molar-refractivity contribution in [1.29, 1.82) is 5.26 Å². The molecule has 2 rings (SSSR count). The third-order valence-corrected chi connectivity index (χ3v) is 3.05. The Morgan fingerprint density at radius 1 is 1.37 bits per heavy atom. The maximum atomic E-state index is 13.3. The molecule has 0 atom stereocenters. The van der Waals surface area contributed by atoms with Crippen LogP contribution in [0.5, 0.6) is 0 Å². The zero-order valence-corrected chi connectivity index (χ0v) is 11.7. The van der Waals surface area contributed by atoms with Gasteiger partial charge in [-0.2, -0.15) is 10.4 Å². The molecule has 0 amide bonds. The monoisotopic (exact) mass is 277 g/mol. The first-order valence-electron chi connectivity index (χ1n) is 5.79. The fourth-order valence-electron chi connectivity index (χ4n) is 1.80. The minimum absolute atomic E-state index is 0.207. The number of benzene rings is 1. The average Bonchev–Trinajstić information content (AvgIpc) is 2.66. The summed E-state index contributed by atoms with van der Waals surface area (Å²) in [5.74, 6) is -0.375. The Morgan fingerprint density at radius 2 is 2.05 bits per heavy atom. The second-order valence-electron chi connectivity index (χ2n) is 5.27. The maximum absolute atomic E-state index is 13.3. The molecule has 1 heterocycles. The first-order chi connectivity index (χ1) is 8.84. The van der Waals surface area contributed by atoms with Crippen LogP contribution in [0.15, 0.2) is 24.3 Å². The molecule has 19 heavy (non-hydrogen) atoms. The molecular formula is C14H13ClFN3. The van der Waals surface area contributed by atoms with Crippen molar-refractivity contribution in [2.45, 2.75) is 26.2 Å². The van der Waals surface area contributed by atoms with Crippen LogP contribution in [0.3, 0.4) is 0 Å². The van der Waals surface area contributed by atoms with Gasteiger partial charge in [-0.25, -0.2) is 9.07 Å². The lowest BCUT2D eigenvalue weighted by molar-refractivity contribution is 0.558. The van der Waals surface area contributed by atoms with Gasteiger partial charge in [-0.3, -0.25) is 0 Å². The summed E-state index contributed by atoms with van der Waals surface area (Å²) >= 11 is 6.18. The molecule has 0 unspecified atom stereocenters. The largest absolute Gasteiger partial charge is 0.220 e. The minimum Gasteiger partial charge on any atom is -0.220 e. The van der Waals surface area contributed by atoms with Gasteiger partial charge in [-0.15, -0.1) is 0 Å². The van der Waals surface area contributed by atoms with Crippen LogP contribution in [0.2, 0.25) is 5.15 Å². The van der Waals surface area contributed by atoms with Crippen LogP contribution >= 0.6 is 11.6 Å². The molecule has 0 aliphatic rings. The summed E-state index contributed by atoms with van der Waals surface area (Å²) < 4.78 is 14.7. The summed E-state index contributed by atoms with van der Waals surface area (Å²) in [6.45, 7) is 5.84. The van der Waals surface area contributed by atoms with Crippen molar-refractivity contribution in [2.75, 3.05) is 0 Å². The highest BCUT2D eigenvalue weighted by atomic mass is 35.5. The fourth-order valence-corrected chi connectivity index (χ4v) is 2.07. The summed E-state index contributed by atoms with van der Waals surface area (Å²) in [7, 11) is 0. The van der Waals surface area contributed by atoms with E-state index in [1.807, 2.05) is 20.8 Å². The lowest BCUT2D eigenvalue weighted by Crippen LogP contribution is -2.14. The van der Waals surface area contributed by atoms with E-state index in [1.54, 1.807) is 12.1 Å². The first kappa shape index (κ1) is 13.6. The van der Waals surface area contributed by atoms with Crippen LogP contribution in [0.4, 0.5) is 4.39 Å². The standard InChI is InChI=1S/C14H13ClFN3/c1-14(2,3)12-11(8-17)13(15)19(18-12)10-6-4-5-9(16)7-10/h4-7H,1-3H3. The van der Waals surface area contributed by atoms with Gasteiger partial charge in [0.2, 0.25) is 0 Å². The van der Waals surface area contributed by atoms with E-state index in [1.165, 1.54) is 16.8 Å². The highest BCUT2D eigenvalue weighted by Crippen LogP contribution is 2.31. The van der Waals surface area contributed by atoms with Crippen LogP contribution in [0.25, 0.3) is 5.69 Å². The molecule has 3 nitrogen and oxygen atoms in total. The summed E-state index contributed by atoms with van der Waals surface area (Å²) in [6.07, 6.45) is 0. The van der Waals surface area contributed by atoms with Crippen molar-refractivity contribution in [2.24, 2.45) is 0 Å². The van der Waals surface area contributed by atoms with Crippen molar-refractivity contribution < 1.29 is 4.39 Å². The summed E-state index contributed by atoms with van der Waals surface area (Å²) in [5, 5.41) is 13.8. The molecule has 0 fully saturated rings. The van der Waals surface area contributed by atoms with Crippen LogP contribution in [-0.4, -0.2) is 9.78 Å². The Hall–Kier alpha value is -1.86. The Bertz CT molecular complexity index is 662. The second kappa shape index (κ2) is 4.67. The summed E-state index contributed by atoms with van der Waals surface area (Å²) in [5.41, 5.74) is 1.12. The molecule has 1 aromatic carbocycles. The van der Waals surface area contributed by atoms with Crippen molar-refractivity contribution in [3.63, 3.8) is 0 Å². The third-order valence-electron chi connectivity index (χ3n) is 2.70. The highest BCUT2D eigenvalue weighted by molar-refractivity contribution is 6.31. The molecule has 0 spiro atoms. The molecular weight excluding hydrogens is 265 g/mol. The smallest absolute Gasteiger partial charge is 0.150 e. The molecule has 0 aliphatic heterocycles. The predicted octanol–water partition coefficient (Wildman–Crippen LogP) is 3.83. The van der Waals surface area contributed by atoms with Crippen molar-refractivity contribution in [3.05, 3.63) is 46.5 Å². The maximum Gasteiger partial charge on any atom is 0.150 e. The van der Waals surface area contributed by atoms with E-state index in [-0.39, 0.29) is 16.4 Å². The lowest BCUT2D eigenvalue weighted by Gasteiger charge is -2.15. The van der Waals surface area contributed by atoms with E-state index < -0.39 is 0 Å². The van der Waals surface area contributed by atoms with E-state index in [0.29, 0.717) is 16.9 Å². The van der Waals surface area contributed by atoms with Crippen molar-refractivity contribution in [3.8, 4) is 11.8 Å². The Kier molecular flexibility index (Phi) is 3.34. The van der Waals surface area contributed by atoms with Crippen molar-refractivity contribution >= 4 is 11.6 Å². The van der Waals surface area contributed by atoms with Crippen LogP contribution in [0, 0.1) is 17.1 Å². The third kappa shape index (κ3) is 2.47. The van der Waals surface area contributed by atoms with Gasteiger partial charge in [0.15, 0.2) is 5.15 Å². The molecule has 0 N–H and O–H groups in total. The first-order valence-corrected chi connectivity index (χ1v) is 6.17. The van der Waals surface area contributed by atoms with Gasteiger partial charge in [0.1, 0.15) is 17.4 Å². The summed E-state index contributed by atoms with van der Waals surface area (Å²) in [6, 6.07) is 8.00. The van der Waals surface area contributed by atoms with Crippen LogP contribution in [-0.2, 0) is 5.41 Å². The van der Waals surface area contributed by atoms with Gasteiger partial charge in [0.05, 0.1) is 11.4 Å². The number of rotatable bonds is 1. The Morgan fingerprint density at radius 3 is 2.53 bits per heavy atom. The van der Waals surface area contributed by atoms with Gasteiger partial charge in [0, 0.05) is 5.41 Å². The normalized spacial score (nSPS) is 11.4. The Balaban J connectivity index is 2.68. The summed E-state index contributed by atoms with van der Waals surface area (Å²) in [4.78, 5) is 0. The molecule has 0 saturated heterocycles. The predicted molar refractivity (Wildman–Crippen MR) is 71.9 cm³/mol. The quantitative estimate of drug-likeness (QED) is 0.795. The minimum atomic E-state index is -0.375. The molecule has 0 saturated carbocycles. The molecule has 1 aromatic heterocycles. The number of hydrogen-bond acceptors (Lipinski definition) is 2. The molecule has 2 aromatic rings. The van der Waals surface area contributed by atoms with Gasteiger partial charge in [0.25, 0.3) is 0 Å².